The number of aliphatic hydroxyl groups excluding tert-OH is 1. The molecule has 1 aliphatic rings. The second-order valence-electron chi connectivity index (χ2n) is 5.63. The third-order valence-corrected chi connectivity index (χ3v) is 3.84. The van der Waals surface area contributed by atoms with Crippen molar-refractivity contribution < 1.29 is 9.84 Å². The van der Waals surface area contributed by atoms with Gasteiger partial charge >= 0.3 is 0 Å². The predicted molar refractivity (Wildman–Crippen MR) is 79.4 cm³/mol. The molecule has 1 saturated heterocycles. The Morgan fingerprint density at radius 1 is 1.32 bits per heavy atom. The summed E-state index contributed by atoms with van der Waals surface area (Å²) in [6, 6.07) is 0. The summed E-state index contributed by atoms with van der Waals surface area (Å²) in [6.45, 7) is 10.7. The van der Waals surface area contributed by atoms with Crippen molar-refractivity contribution in [3.63, 3.8) is 0 Å². The van der Waals surface area contributed by atoms with E-state index in [2.05, 4.69) is 24.1 Å². The summed E-state index contributed by atoms with van der Waals surface area (Å²) in [4.78, 5) is 2.36. The topological polar surface area (TPSA) is 44.7 Å². The molecule has 19 heavy (non-hydrogen) atoms. The zero-order chi connectivity index (χ0) is 13.9. The Balaban J connectivity index is 2.15. The van der Waals surface area contributed by atoms with Crippen molar-refractivity contribution in [2.75, 3.05) is 45.9 Å². The van der Waals surface area contributed by atoms with Crippen LogP contribution >= 0.6 is 0 Å². The molecule has 1 aliphatic heterocycles. The molecule has 4 nitrogen and oxygen atoms in total. The van der Waals surface area contributed by atoms with E-state index in [4.69, 9.17) is 4.74 Å². The highest BCUT2D eigenvalue weighted by Gasteiger charge is 2.18. The summed E-state index contributed by atoms with van der Waals surface area (Å²) < 4.78 is 5.48. The molecule has 0 aromatic heterocycles. The Hall–Kier alpha value is -0.160. The number of likely N-dealkylation sites (N-methyl/N-ethyl adjacent to an activating group) is 1. The number of hydrogen-bond donors (Lipinski definition) is 2. The van der Waals surface area contributed by atoms with Crippen molar-refractivity contribution in [1.29, 1.82) is 0 Å². The molecule has 4 heteroatoms. The summed E-state index contributed by atoms with van der Waals surface area (Å²) in [5, 5.41) is 13.4. The molecule has 0 saturated carbocycles. The van der Waals surface area contributed by atoms with Gasteiger partial charge in [0.15, 0.2) is 0 Å². The third-order valence-electron chi connectivity index (χ3n) is 3.84. The lowest BCUT2D eigenvalue weighted by Crippen LogP contribution is -2.40. The molecule has 0 aromatic rings. The van der Waals surface area contributed by atoms with Crippen molar-refractivity contribution in [1.82, 2.24) is 10.2 Å². The van der Waals surface area contributed by atoms with Crippen molar-refractivity contribution in [2.24, 2.45) is 5.92 Å². The Kier molecular flexibility index (Phi) is 9.43. The van der Waals surface area contributed by atoms with E-state index in [0.717, 1.165) is 58.1 Å². The fourth-order valence-electron chi connectivity index (χ4n) is 2.58. The zero-order valence-corrected chi connectivity index (χ0v) is 12.7. The first-order valence-corrected chi connectivity index (χ1v) is 7.95. The maximum atomic E-state index is 10.0. The van der Waals surface area contributed by atoms with Gasteiger partial charge in [-0.05, 0) is 44.8 Å². The molecule has 1 heterocycles. The first-order chi connectivity index (χ1) is 9.26. The number of ether oxygens (including phenoxy) is 1. The Morgan fingerprint density at radius 2 is 2.05 bits per heavy atom. The molecule has 0 bridgehead atoms. The maximum absolute atomic E-state index is 10.0. The number of unbranched alkanes of at least 4 members (excludes halogenated alkanes) is 1. The maximum Gasteiger partial charge on any atom is 0.0900 e. The highest BCUT2D eigenvalue weighted by molar-refractivity contribution is 4.73. The Labute approximate surface area is 118 Å². The van der Waals surface area contributed by atoms with Crippen LogP contribution < -0.4 is 5.32 Å². The van der Waals surface area contributed by atoms with Crippen LogP contribution in [0.5, 0.6) is 0 Å². The number of hydrogen-bond acceptors (Lipinski definition) is 4. The van der Waals surface area contributed by atoms with Crippen molar-refractivity contribution in [2.45, 2.75) is 45.6 Å². The number of nitrogens with zero attached hydrogens (tertiary/aromatic N) is 1. The van der Waals surface area contributed by atoms with Crippen LogP contribution in [0, 0.1) is 5.92 Å². The van der Waals surface area contributed by atoms with Crippen LogP contribution in [-0.2, 0) is 4.74 Å². The molecule has 0 amide bonds. The second kappa shape index (κ2) is 10.6. The average Bonchev–Trinajstić information content (AvgIpc) is 2.44. The van der Waals surface area contributed by atoms with Gasteiger partial charge in [0.05, 0.1) is 12.7 Å². The molecule has 0 radical (unpaired) electrons. The standard InChI is InChI=1S/C15H32N2O2/c1-3-5-10-19-13-15(18)12-17(4-2)11-14-6-8-16-9-7-14/h14-16,18H,3-13H2,1-2H3. The van der Waals surface area contributed by atoms with Crippen molar-refractivity contribution in [3.05, 3.63) is 0 Å². The zero-order valence-electron chi connectivity index (χ0n) is 12.7. The minimum atomic E-state index is -0.349. The van der Waals surface area contributed by atoms with Crippen molar-refractivity contribution in [3.8, 4) is 0 Å². The predicted octanol–water partition coefficient (Wildman–Crippen LogP) is 1.49. The van der Waals surface area contributed by atoms with E-state index in [0.29, 0.717) is 6.61 Å². The Bertz CT molecular complexity index is 208. The van der Waals surface area contributed by atoms with Crippen LogP contribution in [0.2, 0.25) is 0 Å². The van der Waals surface area contributed by atoms with E-state index in [-0.39, 0.29) is 6.10 Å². The molecule has 0 spiro atoms. The van der Waals surface area contributed by atoms with Crippen LogP contribution in [-0.4, -0.2) is 62.0 Å². The quantitative estimate of drug-likeness (QED) is 0.591. The fraction of sp³-hybridized carbons (Fsp3) is 1.00. The summed E-state index contributed by atoms with van der Waals surface area (Å²) in [5.41, 5.74) is 0. The molecular formula is C15H32N2O2. The SMILES string of the molecule is CCCCOCC(O)CN(CC)CC1CCNCC1. The normalized spacial score (nSPS) is 18.9. The molecule has 1 rings (SSSR count). The van der Waals surface area contributed by atoms with Gasteiger partial charge in [-0.15, -0.1) is 0 Å². The van der Waals surface area contributed by atoms with Gasteiger partial charge in [0.2, 0.25) is 0 Å². The Morgan fingerprint density at radius 3 is 2.68 bits per heavy atom. The van der Waals surface area contributed by atoms with Crippen LogP contribution in [0.3, 0.4) is 0 Å². The van der Waals surface area contributed by atoms with Gasteiger partial charge in [0.1, 0.15) is 0 Å². The van der Waals surface area contributed by atoms with Gasteiger partial charge < -0.3 is 20.1 Å². The summed E-state index contributed by atoms with van der Waals surface area (Å²) in [5.74, 6) is 0.786. The summed E-state index contributed by atoms with van der Waals surface area (Å²) in [7, 11) is 0. The molecule has 114 valence electrons. The monoisotopic (exact) mass is 272 g/mol. The van der Waals surface area contributed by atoms with E-state index >= 15 is 0 Å². The summed E-state index contributed by atoms with van der Waals surface area (Å²) >= 11 is 0. The average molecular weight is 272 g/mol. The molecule has 1 unspecified atom stereocenters. The van der Waals surface area contributed by atoms with E-state index in [1.807, 2.05) is 0 Å². The minimum absolute atomic E-state index is 0.349. The largest absolute Gasteiger partial charge is 0.389 e. The van der Waals surface area contributed by atoms with E-state index in [1.54, 1.807) is 0 Å². The molecule has 1 atom stereocenters. The second-order valence-corrected chi connectivity index (χ2v) is 5.63. The van der Waals surface area contributed by atoms with Crippen LogP contribution in [0.4, 0.5) is 0 Å². The minimum Gasteiger partial charge on any atom is -0.389 e. The lowest BCUT2D eigenvalue weighted by atomic mass is 9.97. The van der Waals surface area contributed by atoms with Gasteiger partial charge in [-0.2, -0.15) is 0 Å². The molecule has 2 N–H and O–H groups in total. The van der Waals surface area contributed by atoms with E-state index in [9.17, 15) is 5.11 Å². The van der Waals surface area contributed by atoms with Crippen molar-refractivity contribution >= 4 is 0 Å². The lowest BCUT2D eigenvalue weighted by molar-refractivity contribution is 0.0134. The van der Waals surface area contributed by atoms with Gasteiger partial charge in [-0.25, -0.2) is 0 Å². The van der Waals surface area contributed by atoms with Gasteiger partial charge in [0, 0.05) is 19.7 Å². The van der Waals surface area contributed by atoms with E-state index < -0.39 is 0 Å². The number of rotatable bonds is 10. The highest BCUT2D eigenvalue weighted by atomic mass is 16.5. The highest BCUT2D eigenvalue weighted by Crippen LogP contribution is 2.13. The molecule has 1 fully saturated rings. The number of nitrogens with one attached hydrogen (secondary N) is 1. The van der Waals surface area contributed by atoms with Gasteiger partial charge in [0.25, 0.3) is 0 Å². The smallest absolute Gasteiger partial charge is 0.0900 e. The number of aliphatic hydroxyl groups is 1. The first-order valence-electron chi connectivity index (χ1n) is 7.95. The van der Waals surface area contributed by atoms with Gasteiger partial charge in [-0.3, -0.25) is 0 Å². The molecule has 0 aromatic carbocycles. The summed E-state index contributed by atoms with van der Waals surface area (Å²) in [6.07, 6.45) is 4.41. The van der Waals surface area contributed by atoms with E-state index in [1.165, 1.54) is 12.8 Å². The third kappa shape index (κ3) is 7.88. The molecule has 0 aliphatic carbocycles. The van der Waals surface area contributed by atoms with Crippen LogP contribution in [0.25, 0.3) is 0 Å². The number of piperidine rings is 1. The van der Waals surface area contributed by atoms with Crippen LogP contribution in [0.1, 0.15) is 39.5 Å². The molecular weight excluding hydrogens is 240 g/mol. The fourth-order valence-corrected chi connectivity index (χ4v) is 2.58. The lowest BCUT2D eigenvalue weighted by Gasteiger charge is -2.30. The first kappa shape index (κ1) is 16.9. The van der Waals surface area contributed by atoms with Crippen LogP contribution in [0.15, 0.2) is 0 Å². The van der Waals surface area contributed by atoms with Gasteiger partial charge in [-0.1, -0.05) is 20.3 Å².